The highest BCUT2D eigenvalue weighted by Crippen LogP contribution is 2.34. The Bertz CT molecular complexity index is 1510. The van der Waals surface area contributed by atoms with Crippen LogP contribution in [-0.4, -0.2) is 76.4 Å². The number of rotatable bonds is 12. The zero-order chi connectivity index (χ0) is 35.6. The molecule has 4 aliphatic rings. The Labute approximate surface area is 303 Å². The van der Waals surface area contributed by atoms with Crippen LogP contribution >= 0.6 is 0 Å². The zero-order valence-corrected chi connectivity index (χ0v) is 30.6. The van der Waals surface area contributed by atoms with Crippen molar-refractivity contribution in [2.45, 2.75) is 129 Å². The van der Waals surface area contributed by atoms with Crippen molar-refractivity contribution in [1.29, 1.82) is 0 Å². The van der Waals surface area contributed by atoms with Gasteiger partial charge in [-0.1, -0.05) is 68.5 Å². The van der Waals surface area contributed by atoms with E-state index < -0.39 is 0 Å². The maximum Gasteiger partial charge on any atom is 0.321 e. The summed E-state index contributed by atoms with van der Waals surface area (Å²) in [4.78, 5) is 48.6. The Morgan fingerprint density at radius 2 is 1.71 bits per heavy atom. The van der Waals surface area contributed by atoms with Crippen LogP contribution in [0.2, 0.25) is 0 Å². The highest BCUT2D eigenvalue weighted by Gasteiger charge is 2.34. The van der Waals surface area contributed by atoms with E-state index in [-0.39, 0.29) is 36.5 Å². The molecular formula is C40H57N7O4. The number of aliphatic imine (C=N–C) groups is 1. The van der Waals surface area contributed by atoms with E-state index in [1.807, 2.05) is 58.3 Å². The minimum atomic E-state index is -0.388. The van der Waals surface area contributed by atoms with Gasteiger partial charge in [0.2, 0.25) is 17.8 Å². The van der Waals surface area contributed by atoms with Crippen LogP contribution in [-0.2, 0) is 22.7 Å². The minimum absolute atomic E-state index is 0.0439. The molecule has 2 saturated carbocycles. The first kappa shape index (κ1) is 36.7. The molecule has 2 aromatic rings. The molecule has 0 bridgehead atoms. The molecule has 51 heavy (non-hydrogen) atoms. The summed E-state index contributed by atoms with van der Waals surface area (Å²) in [6.07, 6.45) is 14.0. The van der Waals surface area contributed by atoms with E-state index in [1.165, 1.54) is 38.5 Å². The first-order chi connectivity index (χ1) is 24.8. The molecule has 0 aromatic heterocycles. The molecule has 3 fully saturated rings. The molecule has 11 heteroatoms. The standard InChI is InChI=1S/C40H57N7O4/c1-29(2)47(33-17-7-4-8-18-33)38(49)28-45-27-32-21-22-34(25-35(32)42-39(45)43-40(50)41-26-30-13-5-3-6-14-30)51-24-12-20-37(48)44-46-23-11-16-31-15-9-10-19-36(31)46/h3,5-6,13-14,21-22,25,29,31,33,36H,4,7-12,15-20,23-24,26-28H2,1-2H3,(H,44,48)(H2,41,42,43,50). The fraction of sp³-hybridized carbons (Fsp3) is 0.600. The number of guanidine groups is 1. The van der Waals surface area contributed by atoms with E-state index in [0.29, 0.717) is 61.9 Å². The molecule has 2 aromatic carbocycles. The quantitative estimate of drug-likeness (QED) is 0.221. The predicted molar refractivity (Wildman–Crippen MR) is 199 cm³/mol. The number of hydrogen-bond acceptors (Lipinski definition) is 7. The average Bonchev–Trinajstić information content (AvgIpc) is 3.14. The molecule has 2 heterocycles. The van der Waals surface area contributed by atoms with Gasteiger partial charge < -0.3 is 19.9 Å². The number of hydrazine groups is 1. The van der Waals surface area contributed by atoms with E-state index in [2.05, 4.69) is 34.9 Å². The van der Waals surface area contributed by atoms with Gasteiger partial charge in [-0.2, -0.15) is 0 Å². The summed E-state index contributed by atoms with van der Waals surface area (Å²) < 4.78 is 6.08. The second-order valence-corrected chi connectivity index (χ2v) is 15.0. The Balaban J connectivity index is 1.07. The van der Waals surface area contributed by atoms with Gasteiger partial charge in [0, 0.05) is 50.2 Å². The van der Waals surface area contributed by atoms with Crippen molar-refractivity contribution < 1.29 is 19.1 Å². The highest BCUT2D eigenvalue weighted by molar-refractivity contribution is 5.99. The fourth-order valence-corrected chi connectivity index (χ4v) is 8.42. The van der Waals surface area contributed by atoms with Crippen LogP contribution < -0.4 is 20.8 Å². The molecule has 11 nitrogen and oxygen atoms in total. The summed E-state index contributed by atoms with van der Waals surface area (Å²) in [5.74, 6) is 1.80. The maximum absolute atomic E-state index is 13.9. The van der Waals surface area contributed by atoms with Gasteiger partial charge in [0.15, 0.2) is 0 Å². The van der Waals surface area contributed by atoms with Gasteiger partial charge in [-0.25, -0.2) is 14.8 Å². The van der Waals surface area contributed by atoms with Gasteiger partial charge in [0.05, 0.1) is 12.3 Å². The Hall–Kier alpha value is -4.12. The zero-order valence-electron chi connectivity index (χ0n) is 30.6. The third-order valence-corrected chi connectivity index (χ3v) is 10.9. The van der Waals surface area contributed by atoms with Crippen molar-refractivity contribution in [3.05, 3.63) is 59.7 Å². The van der Waals surface area contributed by atoms with Crippen LogP contribution in [0, 0.1) is 5.92 Å². The van der Waals surface area contributed by atoms with Crippen molar-refractivity contribution in [2.24, 2.45) is 10.9 Å². The first-order valence-electron chi connectivity index (χ1n) is 19.4. The lowest BCUT2D eigenvalue weighted by atomic mass is 9.79. The highest BCUT2D eigenvalue weighted by atomic mass is 16.5. The largest absolute Gasteiger partial charge is 0.494 e. The summed E-state index contributed by atoms with van der Waals surface area (Å²) in [5, 5.41) is 8.06. The fourth-order valence-electron chi connectivity index (χ4n) is 8.42. The number of ether oxygens (including phenoxy) is 1. The lowest BCUT2D eigenvalue weighted by molar-refractivity contribution is -0.136. The summed E-state index contributed by atoms with van der Waals surface area (Å²) in [5.41, 5.74) is 5.81. The molecule has 276 valence electrons. The molecule has 0 spiro atoms. The van der Waals surface area contributed by atoms with Gasteiger partial charge in [0.1, 0.15) is 12.3 Å². The van der Waals surface area contributed by atoms with E-state index in [4.69, 9.17) is 9.73 Å². The topological polar surface area (TPSA) is 119 Å². The number of nitrogens with zero attached hydrogens (tertiary/aromatic N) is 4. The molecule has 4 amide bonds. The normalized spacial score (nSPS) is 20.8. The van der Waals surface area contributed by atoms with Gasteiger partial charge in [-0.05, 0) is 81.9 Å². The van der Waals surface area contributed by atoms with Gasteiger partial charge in [-0.15, -0.1) is 0 Å². The molecule has 1 saturated heterocycles. The van der Waals surface area contributed by atoms with Crippen molar-refractivity contribution in [1.82, 2.24) is 30.9 Å². The number of urea groups is 1. The van der Waals surface area contributed by atoms with Crippen LogP contribution in [0.4, 0.5) is 10.5 Å². The number of amides is 4. The monoisotopic (exact) mass is 699 g/mol. The molecule has 6 rings (SSSR count). The van der Waals surface area contributed by atoms with Gasteiger partial charge in [-0.3, -0.25) is 20.3 Å². The lowest BCUT2D eigenvalue weighted by Gasteiger charge is -2.43. The molecule has 2 aliphatic heterocycles. The van der Waals surface area contributed by atoms with Crippen LogP contribution in [0.1, 0.15) is 108 Å². The number of carbonyl (C=O) groups is 3. The van der Waals surface area contributed by atoms with E-state index >= 15 is 0 Å². The van der Waals surface area contributed by atoms with Crippen LogP contribution in [0.5, 0.6) is 5.75 Å². The molecule has 2 atom stereocenters. The van der Waals surface area contributed by atoms with Crippen LogP contribution in [0.3, 0.4) is 0 Å². The minimum Gasteiger partial charge on any atom is -0.494 e. The van der Waals surface area contributed by atoms with Gasteiger partial charge in [0.25, 0.3) is 0 Å². The Kier molecular flexibility index (Phi) is 12.9. The molecule has 2 unspecified atom stereocenters. The Morgan fingerprint density at radius 1 is 0.941 bits per heavy atom. The second-order valence-electron chi connectivity index (χ2n) is 15.0. The number of hydrogen-bond donors (Lipinski definition) is 3. The SMILES string of the molecule is CC(C)N(C(=O)CN1Cc2ccc(OCCCC(=O)NN3CCCC4CCCCC43)cc2N=C1NC(=O)NCc1ccccc1)C1CCCCC1. The summed E-state index contributed by atoms with van der Waals surface area (Å²) >= 11 is 0. The number of piperidine rings is 1. The van der Waals surface area contributed by atoms with E-state index in [0.717, 1.165) is 49.8 Å². The molecular weight excluding hydrogens is 642 g/mol. The summed E-state index contributed by atoms with van der Waals surface area (Å²) in [6, 6.07) is 15.9. The van der Waals surface area contributed by atoms with Crippen molar-refractivity contribution in [3.63, 3.8) is 0 Å². The third kappa shape index (κ3) is 10.0. The number of nitrogens with one attached hydrogen (secondary N) is 3. The summed E-state index contributed by atoms with van der Waals surface area (Å²) in [6.45, 7) is 6.41. The third-order valence-electron chi connectivity index (χ3n) is 10.9. The van der Waals surface area contributed by atoms with Crippen molar-refractivity contribution >= 4 is 29.5 Å². The molecule has 0 radical (unpaired) electrons. The maximum atomic E-state index is 13.9. The Morgan fingerprint density at radius 3 is 2.51 bits per heavy atom. The van der Waals surface area contributed by atoms with E-state index in [9.17, 15) is 14.4 Å². The number of fused-ring (bicyclic) bond motifs is 2. The molecule has 3 N–H and O–H groups in total. The summed E-state index contributed by atoms with van der Waals surface area (Å²) in [7, 11) is 0. The van der Waals surface area contributed by atoms with Crippen LogP contribution in [0.15, 0.2) is 53.5 Å². The smallest absolute Gasteiger partial charge is 0.321 e. The lowest BCUT2D eigenvalue weighted by Crippen LogP contribution is -2.55. The first-order valence-corrected chi connectivity index (χ1v) is 19.4. The number of carbonyl (C=O) groups excluding carboxylic acids is 3. The molecule has 2 aliphatic carbocycles. The average molecular weight is 700 g/mol. The van der Waals surface area contributed by atoms with Gasteiger partial charge >= 0.3 is 6.03 Å². The predicted octanol–water partition coefficient (Wildman–Crippen LogP) is 6.40. The number of benzene rings is 2. The van der Waals surface area contributed by atoms with Crippen molar-refractivity contribution in [2.75, 3.05) is 19.7 Å². The van der Waals surface area contributed by atoms with E-state index in [1.54, 1.807) is 0 Å². The van der Waals surface area contributed by atoms with Crippen molar-refractivity contribution in [3.8, 4) is 5.75 Å². The second kappa shape index (κ2) is 17.9. The van der Waals surface area contributed by atoms with Crippen LogP contribution in [0.25, 0.3) is 0 Å².